The van der Waals surface area contributed by atoms with E-state index in [9.17, 15) is 14.3 Å². The van der Waals surface area contributed by atoms with Crippen LogP contribution in [-0.4, -0.2) is 18.1 Å². The van der Waals surface area contributed by atoms with Crippen LogP contribution in [0, 0.1) is 5.82 Å². The minimum Gasteiger partial charge on any atom is -0.478 e. The highest BCUT2D eigenvalue weighted by Gasteiger charge is 2.19. The molecule has 0 atom stereocenters. The van der Waals surface area contributed by atoms with Gasteiger partial charge in [0.1, 0.15) is 16.4 Å². The van der Waals surface area contributed by atoms with Crippen molar-refractivity contribution < 1.29 is 14.3 Å². The van der Waals surface area contributed by atoms with Gasteiger partial charge in [-0.1, -0.05) is 17.7 Å². The third-order valence-corrected chi connectivity index (χ3v) is 3.77. The molecule has 0 saturated carbocycles. The zero-order chi connectivity index (χ0) is 13.3. The van der Waals surface area contributed by atoms with E-state index in [1.165, 1.54) is 23.5 Å². The summed E-state index contributed by atoms with van der Waals surface area (Å²) in [5, 5.41) is 14.2. The third kappa shape index (κ3) is 2.19. The number of rotatable bonds is 3. The zero-order valence-corrected chi connectivity index (χ0v) is 10.9. The second-order valence-electron chi connectivity index (χ2n) is 3.54. The molecule has 2 N–H and O–H groups in total. The van der Waals surface area contributed by atoms with Crippen molar-refractivity contribution in [2.75, 3.05) is 12.4 Å². The molecule has 0 radical (unpaired) electrons. The molecule has 0 aliphatic rings. The fraction of sp³-hybridized carbons (Fsp3) is 0.0833. The molecule has 1 aromatic heterocycles. The first-order chi connectivity index (χ1) is 8.54. The molecule has 0 unspecified atom stereocenters. The number of carbonyl (C=O) groups is 1. The molecule has 18 heavy (non-hydrogen) atoms. The molecule has 0 bridgehead atoms. The molecule has 0 aliphatic carbocycles. The van der Waals surface area contributed by atoms with Gasteiger partial charge in [-0.15, -0.1) is 11.3 Å². The van der Waals surface area contributed by atoms with Gasteiger partial charge in [0.25, 0.3) is 0 Å². The number of carboxylic acids is 1. The maximum atomic E-state index is 13.4. The lowest BCUT2D eigenvalue weighted by Crippen LogP contribution is -2.01. The number of benzene rings is 1. The van der Waals surface area contributed by atoms with Gasteiger partial charge in [-0.3, -0.25) is 0 Å². The molecule has 0 aliphatic heterocycles. The Balaban J connectivity index is 2.60. The smallest absolute Gasteiger partial charge is 0.339 e. The number of thiophene rings is 1. The molecule has 0 saturated heterocycles. The van der Waals surface area contributed by atoms with Gasteiger partial charge in [-0.25, -0.2) is 9.18 Å². The number of aromatic carboxylic acids is 1. The van der Waals surface area contributed by atoms with Crippen LogP contribution in [0.15, 0.2) is 23.6 Å². The molecule has 0 amide bonds. The summed E-state index contributed by atoms with van der Waals surface area (Å²) in [5.74, 6) is -1.62. The van der Waals surface area contributed by atoms with E-state index in [0.717, 1.165) is 0 Å². The standard InChI is InChI=1S/C12H9ClFNO2S/c1-15-11-10(12(16)17)7(5-18-11)6-2-3-8(13)9(14)4-6/h2-5,15H,1H3,(H,16,17). The van der Waals surface area contributed by atoms with Crippen LogP contribution in [0.3, 0.4) is 0 Å². The highest BCUT2D eigenvalue weighted by atomic mass is 35.5. The minimum absolute atomic E-state index is 0.0136. The first kappa shape index (κ1) is 12.9. The lowest BCUT2D eigenvalue weighted by Gasteiger charge is -2.04. The average Bonchev–Trinajstić information content (AvgIpc) is 2.76. The number of nitrogens with one attached hydrogen (secondary N) is 1. The summed E-state index contributed by atoms with van der Waals surface area (Å²) < 4.78 is 13.4. The molecular weight excluding hydrogens is 277 g/mol. The second kappa shape index (κ2) is 4.96. The van der Waals surface area contributed by atoms with E-state index in [1.54, 1.807) is 18.5 Å². The topological polar surface area (TPSA) is 49.3 Å². The first-order valence-corrected chi connectivity index (χ1v) is 6.28. The van der Waals surface area contributed by atoms with Crippen LogP contribution in [0.2, 0.25) is 5.02 Å². The number of hydrogen-bond acceptors (Lipinski definition) is 3. The van der Waals surface area contributed by atoms with Gasteiger partial charge in [-0.05, 0) is 17.7 Å². The van der Waals surface area contributed by atoms with Crippen LogP contribution >= 0.6 is 22.9 Å². The number of carboxylic acid groups (broad SMARTS) is 1. The average molecular weight is 286 g/mol. The maximum Gasteiger partial charge on any atom is 0.339 e. The Morgan fingerprint density at radius 1 is 1.50 bits per heavy atom. The maximum absolute atomic E-state index is 13.4. The summed E-state index contributed by atoms with van der Waals surface area (Å²) in [6.45, 7) is 0. The van der Waals surface area contributed by atoms with Crippen LogP contribution in [0.4, 0.5) is 9.39 Å². The van der Waals surface area contributed by atoms with Crippen LogP contribution in [0.5, 0.6) is 0 Å². The van der Waals surface area contributed by atoms with Crippen LogP contribution in [0.1, 0.15) is 10.4 Å². The van der Waals surface area contributed by atoms with Crippen molar-refractivity contribution in [2.45, 2.75) is 0 Å². The van der Waals surface area contributed by atoms with Crippen molar-refractivity contribution in [1.29, 1.82) is 0 Å². The van der Waals surface area contributed by atoms with E-state index in [4.69, 9.17) is 11.6 Å². The van der Waals surface area contributed by atoms with Crippen molar-refractivity contribution in [1.82, 2.24) is 0 Å². The fourth-order valence-corrected chi connectivity index (χ4v) is 2.67. The summed E-state index contributed by atoms with van der Waals surface area (Å²) in [4.78, 5) is 11.2. The molecular formula is C12H9ClFNO2S. The summed E-state index contributed by atoms with van der Waals surface area (Å²) in [7, 11) is 1.64. The van der Waals surface area contributed by atoms with Crippen molar-refractivity contribution in [2.24, 2.45) is 0 Å². The number of anilines is 1. The normalized spacial score (nSPS) is 10.4. The van der Waals surface area contributed by atoms with Crippen molar-refractivity contribution in [3.63, 3.8) is 0 Å². The fourth-order valence-electron chi connectivity index (χ4n) is 1.63. The molecule has 1 aromatic carbocycles. The summed E-state index contributed by atoms with van der Waals surface area (Å²) in [5.41, 5.74) is 1.11. The lowest BCUT2D eigenvalue weighted by atomic mass is 10.0. The Morgan fingerprint density at radius 2 is 2.22 bits per heavy atom. The molecule has 3 nitrogen and oxygen atoms in total. The van der Waals surface area contributed by atoms with Gasteiger partial charge in [-0.2, -0.15) is 0 Å². The largest absolute Gasteiger partial charge is 0.478 e. The van der Waals surface area contributed by atoms with Gasteiger partial charge >= 0.3 is 5.97 Å². The molecule has 6 heteroatoms. The number of halogens is 2. The number of hydrogen-bond donors (Lipinski definition) is 2. The summed E-state index contributed by atoms with van der Waals surface area (Å²) in [6.07, 6.45) is 0. The Kier molecular flexibility index (Phi) is 3.54. The van der Waals surface area contributed by atoms with Gasteiger partial charge < -0.3 is 10.4 Å². The van der Waals surface area contributed by atoms with Gasteiger partial charge in [0, 0.05) is 18.0 Å². The first-order valence-electron chi connectivity index (χ1n) is 5.02. The zero-order valence-electron chi connectivity index (χ0n) is 9.33. The summed E-state index contributed by atoms with van der Waals surface area (Å²) >= 11 is 6.86. The van der Waals surface area contributed by atoms with Gasteiger partial charge in [0.15, 0.2) is 0 Å². The van der Waals surface area contributed by atoms with E-state index in [0.29, 0.717) is 16.1 Å². The molecule has 94 valence electrons. The van der Waals surface area contributed by atoms with E-state index >= 15 is 0 Å². The Bertz CT molecular complexity index is 612. The van der Waals surface area contributed by atoms with Crippen molar-refractivity contribution in [3.8, 4) is 11.1 Å². The predicted molar refractivity (Wildman–Crippen MR) is 71.2 cm³/mol. The third-order valence-electron chi connectivity index (χ3n) is 2.46. The highest BCUT2D eigenvalue weighted by Crippen LogP contribution is 2.36. The summed E-state index contributed by atoms with van der Waals surface area (Å²) in [6, 6.07) is 4.24. The SMILES string of the molecule is CNc1scc(-c2ccc(Cl)c(F)c2)c1C(=O)O. The quantitative estimate of drug-likeness (QED) is 0.898. The highest BCUT2D eigenvalue weighted by molar-refractivity contribution is 7.15. The Labute approximate surface area is 112 Å². The lowest BCUT2D eigenvalue weighted by molar-refractivity contribution is 0.0699. The molecule has 0 spiro atoms. The van der Waals surface area contributed by atoms with Crippen LogP contribution in [0.25, 0.3) is 11.1 Å². The van der Waals surface area contributed by atoms with E-state index in [1.807, 2.05) is 0 Å². The van der Waals surface area contributed by atoms with Crippen molar-refractivity contribution in [3.05, 3.63) is 40.0 Å². The monoisotopic (exact) mass is 285 g/mol. The molecule has 0 fully saturated rings. The van der Waals surface area contributed by atoms with E-state index in [2.05, 4.69) is 5.32 Å². The van der Waals surface area contributed by atoms with Gasteiger partial charge in [0.05, 0.1) is 5.02 Å². The van der Waals surface area contributed by atoms with Crippen LogP contribution in [-0.2, 0) is 0 Å². The predicted octanol–water partition coefficient (Wildman–Crippen LogP) is 3.95. The molecule has 2 aromatic rings. The Hall–Kier alpha value is -1.59. The Morgan fingerprint density at radius 3 is 2.78 bits per heavy atom. The van der Waals surface area contributed by atoms with E-state index in [-0.39, 0.29) is 10.6 Å². The van der Waals surface area contributed by atoms with Gasteiger partial charge in [0.2, 0.25) is 0 Å². The van der Waals surface area contributed by atoms with Crippen molar-refractivity contribution >= 4 is 33.9 Å². The second-order valence-corrected chi connectivity index (χ2v) is 4.82. The molecule has 2 rings (SSSR count). The molecule has 1 heterocycles. The minimum atomic E-state index is -1.05. The van der Waals surface area contributed by atoms with Crippen LogP contribution < -0.4 is 5.32 Å². The van der Waals surface area contributed by atoms with E-state index < -0.39 is 11.8 Å².